The molecule has 0 radical (unpaired) electrons. The maximum atomic E-state index is 13.0. The van der Waals surface area contributed by atoms with Crippen LogP contribution in [0.1, 0.15) is 22.8 Å². The number of carbonyl (C=O) groups excluding carboxylic acids is 2. The number of benzene rings is 2. The number of ether oxygens (including phenoxy) is 1. The maximum absolute atomic E-state index is 13.0. The molecule has 0 spiro atoms. The summed E-state index contributed by atoms with van der Waals surface area (Å²) in [4.78, 5) is 33.2. The number of amides is 1. The molecule has 1 amide bonds. The summed E-state index contributed by atoms with van der Waals surface area (Å²) in [6, 6.07) is 7.73. The van der Waals surface area contributed by atoms with Crippen molar-refractivity contribution in [2.75, 3.05) is 5.32 Å². The van der Waals surface area contributed by atoms with E-state index < -0.39 is 40.0 Å². The highest BCUT2D eigenvalue weighted by Crippen LogP contribution is 2.35. The first kappa shape index (κ1) is 19.9. The van der Waals surface area contributed by atoms with E-state index in [4.69, 9.17) is 4.74 Å². The number of nitro benzene ring substituents is 1. The molecule has 2 aromatic rings. The molecule has 142 valence electrons. The first-order chi connectivity index (χ1) is 12.6. The summed E-state index contributed by atoms with van der Waals surface area (Å²) in [7, 11) is 0. The fourth-order valence-corrected chi connectivity index (χ4v) is 2.17. The van der Waals surface area contributed by atoms with Crippen LogP contribution in [0.15, 0.2) is 42.5 Å². The lowest BCUT2D eigenvalue weighted by molar-refractivity contribution is -0.386. The van der Waals surface area contributed by atoms with Crippen LogP contribution in [0.5, 0.6) is 5.75 Å². The Morgan fingerprint density at radius 1 is 1.26 bits per heavy atom. The van der Waals surface area contributed by atoms with Crippen LogP contribution in [0.4, 0.5) is 24.5 Å². The van der Waals surface area contributed by atoms with Gasteiger partial charge in [0.2, 0.25) is 0 Å². The normalized spacial score (nSPS) is 12.1. The number of carbonyl (C=O) groups is 2. The Balaban J connectivity index is 2.21. The van der Waals surface area contributed by atoms with Crippen molar-refractivity contribution in [3.8, 4) is 5.75 Å². The van der Waals surface area contributed by atoms with Gasteiger partial charge in [0, 0.05) is 11.6 Å². The molecule has 0 saturated carbocycles. The highest BCUT2D eigenvalue weighted by molar-refractivity contribution is 5.95. The molecule has 0 heterocycles. The summed E-state index contributed by atoms with van der Waals surface area (Å²) < 4.78 is 44.1. The van der Waals surface area contributed by atoms with Crippen LogP contribution in [-0.4, -0.2) is 23.2 Å². The minimum absolute atomic E-state index is 0.0326. The van der Waals surface area contributed by atoms with Crippen LogP contribution in [0, 0.1) is 10.1 Å². The van der Waals surface area contributed by atoms with Crippen molar-refractivity contribution in [2.24, 2.45) is 0 Å². The van der Waals surface area contributed by atoms with Crippen molar-refractivity contribution in [1.82, 2.24) is 0 Å². The molecular formula is C17H13F3N2O5. The highest BCUT2D eigenvalue weighted by Gasteiger charge is 2.34. The molecule has 0 aliphatic carbocycles. The number of alkyl halides is 3. The van der Waals surface area contributed by atoms with Gasteiger partial charge in [-0.05, 0) is 31.2 Å². The topological polar surface area (TPSA) is 98.5 Å². The summed E-state index contributed by atoms with van der Waals surface area (Å²) in [5, 5.41) is 13.2. The molecule has 0 aromatic heterocycles. The van der Waals surface area contributed by atoms with Gasteiger partial charge in [0.1, 0.15) is 6.29 Å². The van der Waals surface area contributed by atoms with Crippen molar-refractivity contribution in [3.05, 3.63) is 63.7 Å². The van der Waals surface area contributed by atoms with Gasteiger partial charge in [-0.3, -0.25) is 19.7 Å². The minimum atomic E-state index is -4.67. The van der Waals surface area contributed by atoms with Crippen molar-refractivity contribution in [2.45, 2.75) is 19.2 Å². The molecule has 2 aromatic carbocycles. The molecule has 0 unspecified atom stereocenters. The van der Waals surface area contributed by atoms with Gasteiger partial charge in [0.05, 0.1) is 16.2 Å². The number of hydrogen-bond donors (Lipinski definition) is 1. The predicted octanol–water partition coefficient (Wildman–Crippen LogP) is 3.83. The lowest BCUT2D eigenvalue weighted by Gasteiger charge is -2.17. The van der Waals surface area contributed by atoms with E-state index in [0.717, 1.165) is 24.3 Å². The zero-order valence-corrected chi connectivity index (χ0v) is 13.8. The number of para-hydroxylation sites is 1. The van der Waals surface area contributed by atoms with E-state index in [0.29, 0.717) is 6.29 Å². The molecule has 0 aliphatic heterocycles. The van der Waals surface area contributed by atoms with Gasteiger partial charge in [-0.1, -0.05) is 12.1 Å². The van der Waals surface area contributed by atoms with Gasteiger partial charge < -0.3 is 10.1 Å². The van der Waals surface area contributed by atoms with Crippen molar-refractivity contribution >= 4 is 23.6 Å². The van der Waals surface area contributed by atoms with E-state index >= 15 is 0 Å². The molecule has 27 heavy (non-hydrogen) atoms. The van der Waals surface area contributed by atoms with Crippen LogP contribution < -0.4 is 10.1 Å². The second-order valence-electron chi connectivity index (χ2n) is 5.39. The Kier molecular flexibility index (Phi) is 5.78. The third-order valence-corrected chi connectivity index (χ3v) is 3.48. The summed E-state index contributed by atoms with van der Waals surface area (Å²) in [5.41, 5.74) is -2.01. The Bertz CT molecular complexity index is 883. The minimum Gasteiger partial charge on any atom is -0.474 e. The lowest BCUT2D eigenvalue weighted by Crippen LogP contribution is -2.31. The van der Waals surface area contributed by atoms with Crippen molar-refractivity contribution in [1.29, 1.82) is 0 Å². The average molecular weight is 382 g/mol. The molecule has 0 aliphatic rings. The quantitative estimate of drug-likeness (QED) is 0.465. The monoisotopic (exact) mass is 382 g/mol. The molecule has 1 N–H and O–H groups in total. The molecule has 0 bridgehead atoms. The van der Waals surface area contributed by atoms with Crippen LogP contribution >= 0.6 is 0 Å². The number of nitrogens with zero attached hydrogens (tertiary/aromatic N) is 1. The van der Waals surface area contributed by atoms with Crippen LogP contribution in [0.2, 0.25) is 0 Å². The van der Waals surface area contributed by atoms with E-state index in [1.807, 2.05) is 0 Å². The van der Waals surface area contributed by atoms with Crippen molar-refractivity contribution in [3.63, 3.8) is 0 Å². The van der Waals surface area contributed by atoms with E-state index in [1.54, 1.807) is 0 Å². The molecule has 0 fully saturated rings. The van der Waals surface area contributed by atoms with Crippen LogP contribution in [0.3, 0.4) is 0 Å². The molecule has 7 nitrogen and oxygen atoms in total. The standard InChI is InChI=1S/C17H13F3N2O5/c1-10(27-15-7-6-11(9-23)8-14(15)22(25)26)16(24)21-13-5-3-2-4-12(13)17(18,19)20/h2-10H,1H3,(H,21,24)/t10-/m1/s1. The summed E-state index contributed by atoms with van der Waals surface area (Å²) in [5.74, 6) is -1.22. The maximum Gasteiger partial charge on any atom is 0.418 e. The number of aldehydes is 1. The Hall–Kier alpha value is -3.43. The zero-order chi connectivity index (χ0) is 20.2. The Morgan fingerprint density at radius 3 is 2.52 bits per heavy atom. The van der Waals surface area contributed by atoms with Gasteiger partial charge in [-0.2, -0.15) is 13.2 Å². The van der Waals surface area contributed by atoms with Gasteiger partial charge in [-0.15, -0.1) is 0 Å². The van der Waals surface area contributed by atoms with E-state index in [2.05, 4.69) is 5.32 Å². The van der Waals surface area contributed by atoms with Gasteiger partial charge in [-0.25, -0.2) is 0 Å². The summed E-state index contributed by atoms with van der Waals surface area (Å²) in [6.07, 6.45) is -5.61. The SMILES string of the molecule is C[C@@H](Oc1ccc(C=O)cc1[N+](=O)[O-])C(=O)Nc1ccccc1C(F)(F)F. The lowest BCUT2D eigenvalue weighted by atomic mass is 10.1. The number of nitro groups is 1. The number of halogens is 3. The van der Waals surface area contributed by atoms with E-state index in [1.165, 1.54) is 25.1 Å². The molecule has 2 rings (SSSR count). The second-order valence-corrected chi connectivity index (χ2v) is 5.39. The fraction of sp³-hybridized carbons (Fsp3) is 0.176. The largest absolute Gasteiger partial charge is 0.474 e. The Morgan fingerprint density at radius 2 is 1.93 bits per heavy atom. The smallest absolute Gasteiger partial charge is 0.418 e. The van der Waals surface area contributed by atoms with Crippen LogP contribution in [0.25, 0.3) is 0 Å². The summed E-state index contributed by atoms with van der Waals surface area (Å²) in [6.45, 7) is 1.23. The third kappa shape index (κ3) is 4.81. The second kappa shape index (κ2) is 7.85. The fourth-order valence-electron chi connectivity index (χ4n) is 2.17. The number of anilines is 1. The third-order valence-electron chi connectivity index (χ3n) is 3.48. The van der Waals surface area contributed by atoms with Gasteiger partial charge in [0.25, 0.3) is 5.91 Å². The predicted molar refractivity (Wildman–Crippen MR) is 88.6 cm³/mol. The first-order valence-corrected chi connectivity index (χ1v) is 7.51. The summed E-state index contributed by atoms with van der Waals surface area (Å²) >= 11 is 0. The van der Waals surface area contributed by atoms with Crippen molar-refractivity contribution < 1.29 is 32.4 Å². The van der Waals surface area contributed by atoms with Gasteiger partial charge in [0.15, 0.2) is 11.9 Å². The zero-order valence-electron chi connectivity index (χ0n) is 13.8. The van der Waals surface area contributed by atoms with Crippen LogP contribution in [-0.2, 0) is 11.0 Å². The van der Waals surface area contributed by atoms with E-state index in [9.17, 15) is 32.9 Å². The molecule has 10 heteroatoms. The Labute approximate surface area is 150 Å². The first-order valence-electron chi connectivity index (χ1n) is 7.51. The molecule has 1 atom stereocenters. The number of nitrogens with one attached hydrogen (secondary N) is 1. The number of hydrogen-bond acceptors (Lipinski definition) is 5. The van der Waals surface area contributed by atoms with Gasteiger partial charge >= 0.3 is 11.9 Å². The molecular weight excluding hydrogens is 369 g/mol. The molecule has 0 saturated heterocycles. The highest BCUT2D eigenvalue weighted by atomic mass is 19.4. The van der Waals surface area contributed by atoms with E-state index in [-0.39, 0.29) is 11.3 Å². The number of rotatable bonds is 6. The average Bonchev–Trinajstić information content (AvgIpc) is 2.61.